The van der Waals surface area contributed by atoms with E-state index in [0.717, 1.165) is 5.56 Å². The van der Waals surface area contributed by atoms with Gasteiger partial charge in [0, 0.05) is 5.56 Å². The van der Waals surface area contributed by atoms with E-state index < -0.39 is 0 Å². The van der Waals surface area contributed by atoms with E-state index in [9.17, 15) is 4.79 Å². The summed E-state index contributed by atoms with van der Waals surface area (Å²) in [6.45, 7) is 1.82. The van der Waals surface area contributed by atoms with Crippen LogP contribution in [0.15, 0.2) is 35.7 Å². The van der Waals surface area contributed by atoms with Gasteiger partial charge in [-0.2, -0.15) is 5.10 Å². The molecule has 0 radical (unpaired) electrons. The van der Waals surface area contributed by atoms with E-state index in [0.29, 0.717) is 11.4 Å². The third kappa shape index (κ3) is 3.78. The lowest BCUT2D eigenvalue weighted by Crippen LogP contribution is -2.28. The Morgan fingerprint density at radius 1 is 1.48 bits per heavy atom. The number of nitrogens with one attached hydrogen (secondary N) is 2. The molecule has 8 nitrogen and oxygen atoms in total. The number of hydrogen-bond donors (Lipinski definition) is 4. The summed E-state index contributed by atoms with van der Waals surface area (Å²) in [5, 5.41) is 20.8. The minimum atomic E-state index is -0.239. The number of carbonyl (C=O) groups excluding carboxylic acids is 1. The molecule has 0 spiro atoms. The number of benzene rings is 1. The zero-order valence-electron chi connectivity index (χ0n) is 11.4. The molecule has 0 bridgehead atoms. The third-order valence-electron chi connectivity index (χ3n) is 2.94. The summed E-state index contributed by atoms with van der Waals surface area (Å²) in [5.41, 5.74) is 6.89. The highest BCUT2D eigenvalue weighted by Gasteiger charge is 2.12. The Morgan fingerprint density at radius 2 is 2.19 bits per heavy atom. The lowest BCUT2D eigenvalue weighted by molar-refractivity contribution is -0.121. The van der Waals surface area contributed by atoms with Crippen molar-refractivity contribution in [1.29, 1.82) is 0 Å². The van der Waals surface area contributed by atoms with Crippen LogP contribution < -0.4 is 11.1 Å². The van der Waals surface area contributed by atoms with Crippen molar-refractivity contribution < 1.29 is 10.0 Å². The highest BCUT2D eigenvalue weighted by molar-refractivity contribution is 5.97. The molecule has 1 unspecified atom stereocenters. The molecule has 21 heavy (non-hydrogen) atoms. The first-order valence-corrected chi connectivity index (χ1v) is 6.31. The van der Waals surface area contributed by atoms with Crippen molar-refractivity contribution in [2.24, 2.45) is 10.9 Å². The molecule has 0 aliphatic rings. The van der Waals surface area contributed by atoms with Crippen LogP contribution in [0.5, 0.6) is 0 Å². The number of oxime groups is 1. The number of rotatable bonds is 5. The van der Waals surface area contributed by atoms with E-state index in [2.05, 4.69) is 25.7 Å². The number of carbonyl (C=O) groups is 1. The monoisotopic (exact) mass is 288 g/mol. The van der Waals surface area contributed by atoms with Crippen LogP contribution in [0, 0.1) is 0 Å². The Morgan fingerprint density at radius 3 is 2.76 bits per heavy atom. The standard InChI is InChI=1S/C13H16N6O2/c1-8(13-15-7-16-18-13)17-11(20)6-9-2-4-10(5-3-9)12(14)19-21/h2-5,7-8,21H,6H2,1H3,(H2,14,19)(H,17,20)(H,15,16,18). The van der Waals surface area contributed by atoms with Gasteiger partial charge in [-0.25, -0.2) is 4.98 Å². The second kappa shape index (κ2) is 6.51. The zero-order valence-corrected chi connectivity index (χ0v) is 11.4. The van der Waals surface area contributed by atoms with E-state index in [-0.39, 0.29) is 24.2 Å². The van der Waals surface area contributed by atoms with Gasteiger partial charge >= 0.3 is 0 Å². The first-order valence-electron chi connectivity index (χ1n) is 6.31. The summed E-state index contributed by atoms with van der Waals surface area (Å²) < 4.78 is 0. The maximum Gasteiger partial charge on any atom is 0.224 e. The minimum Gasteiger partial charge on any atom is -0.409 e. The molecule has 2 rings (SSSR count). The van der Waals surface area contributed by atoms with Gasteiger partial charge in [-0.05, 0) is 12.5 Å². The molecule has 0 fully saturated rings. The normalized spacial score (nSPS) is 12.9. The number of H-pyrrole nitrogens is 1. The second-order valence-electron chi connectivity index (χ2n) is 4.52. The average Bonchev–Trinajstić information content (AvgIpc) is 3.01. The highest BCUT2D eigenvalue weighted by Crippen LogP contribution is 2.08. The predicted molar refractivity (Wildman–Crippen MR) is 75.6 cm³/mol. The van der Waals surface area contributed by atoms with Crippen LogP contribution in [0.4, 0.5) is 0 Å². The van der Waals surface area contributed by atoms with E-state index in [1.54, 1.807) is 24.3 Å². The van der Waals surface area contributed by atoms with E-state index >= 15 is 0 Å². The third-order valence-corrected chi connectivity index (χ3v) is 2.94. The number of aromatic nitrogens is 3. The summed E-state index contributed by atoms with van der Waals surface area (Å²) in [6, 6.07) is 6.66. The predicted octanol–water partition coefficient (Wildman–Crippen LogP) is 0.319. The van der Waals surface area contributed by atoms with Gasteiger partial charge in [-0.15, -0.1) is 0 Å². The van der Waals surface area contributed by atoms with Gasteiger partial charge in [0.15, 0.2) is 5.84 Å². The smallest absolute Gasteiger partial charge is 0.224 e. The topological polar surface area (TPSA) is 129 Å². The number of aromatic amines is 1. The van der Waals surface area contributed by atoms with Crippen molar-refractivity contribution in [3.05, 3.63) is 47.5 Å². The van der Waals surface area contributed by atoms with Crippen LogP contribution in [-0.2, 0) is 11.2 Å². The van der Waals surface area contributed by atoms with Gasteiger partial charge in [-0.3, -0.25) is 9.89 Å². The largest absolute Gasteiger partial charge is 0.409 e. The molecule has 1 heterocycles. The zero-order chi connectivity index (χ0) is 15.2. The lowest BCUT2D eigenvalue weighted by atomic mass is 10.1. The van der Waals surface area contributed by atoms with Crippen molar-refractivity contribution >= 4 is 11.7 Å². The van der Waals surface area contributed by atoms with Crippen molar-refractivity contribution in [2.45, 2.75) is 19.4 Å². The Hall–Kier alpha value is -2.90. The van der Waals surface area contributed by atoms with E-state index in [1.807, 2.05) is 6.92 Å². The molecule has 8 heteroatoms. The van der Waals surface area contributed by atoms with Crippen LogP contribution in [-0.4, -0.2) is 32.1 Å². The molecule has 0 saturated heterocycles. The van der Waals surface area contributed by atoms with Crippen LogP contribution in [0.1, 0.15) is 29.9 Å². The van der Waals surface area contributed by atoms with Gasteiger partial charge in [0.1, 0.15) is 12.2 Å². The summed E-state index contributed by atoms with van der Waals surface area (Å²) in [6.07, 6.45) is 1.62. The molecule has 1 aromatic carbocycles. The Balaban J connectivity index is 1.93. The fourth-order valence-corrected chi connectivity index (χ4v) is 1.82. The quantitative estimate of drug-likeness (QED) is 0.272. The minimum absolute atomic E-state index is 0.0324. The highest BCUT2D eigenvalue weighted by atomic mass is 16.4. The number of nitrogens with zero attached hydrogens (tertiary/aromatic N) is 3. The lowest BCUT2D eigenvalue weighted by Gasteiger charge is -2.11. The summed E-state index contributed by atoms with van der Waals surface area (Å²) in [7, 11) is 0. The van der Waals surface area contributed by atoms with Crippen LogP contribution in [0.3, 0.4) is 0 Å². The molecule has 0 aliphatic heterocycles. The Kier molecular flexibility index (Phi) is 4.50. The van der Waals surface area contributed by atoms with Crippen molar-refractivity contribution in [1.82, 2.24) is 20.5 Å². The first kappa shape index (κ1) is 14.5. The summed E-state index contributed by atoms with van der Waals surface area (Å²) >= 11 is 0. The number of hydrogen-bond acceptors (Lipinski definition) is 5. The Bertz CT molecular complexity index is 621. The number of amides is 1. The molecule has 1 aromatic heterocycles. The molecule has 1 atom stereocenters. The van der Waals surface area contributed by atoms with Gasteiger partial charge in [0.2, 0.25) is 5.91 Å². The van der Waals surface area contributed by atoms with E-state index in [4.69, 9.17) is 10.9 Å². The summed E-state index contributed by atoms with van der Waals surface area (Å²) in [5.74, 6) is 0.506. The van der Waals surface area contributed by atoms with Crippen molar-refractivity contribution in [2.75, 3.05) is 0 Å². The molecular formula is C13H16N6O2. The summed E-state index contributed by atoms with van der Waals surface area (Å²) in [4.78, 5) is 15.9. The van der Waals surface area contributed by atoms with E-state index in [1.165, 1.54) is 6.33 Å². The molecular weight excluding hydrogens is 272 g/mol. The van der Waals surface area contributed by atoms with Crippen LogP contribution >= 0.6 is 0 Å². The maximum absolute atomic E-state index is 11.9. The van der Waals surface area contributed by atoms with Gasteiger partial charge in [0.05, 0.1) is 12.5 Å². The fraction of sp³-hybridized carbons (Fsp3) is 0.231. The number of amidine groups is 1. The average molecular weight is 288 g/mol. The van der Waals surface area contributed by atoms with Gasteiger partial charge < -0.3 is 16.3 Å². The maximum atomic E-state index is 11.9. The molecule has 5 N–H and O–H groups in total. The first-order chi connectivity index (χ1) is 10.1. The second-order valence-corrected chi connectivity index (χ2v) is 4.52. The van der Waals surface area contributed by atoms with Gasteiger partial charge in [0.25, 0.3) is 0 Å². The van der Waals surface area contributed by atoms with Crippen LogP contribution in [0.2, 0.25) is 0 Å². The molecule has 2 aromatic rings. The fourth-order valence-electron chi connectivity index (χ4n) is 1.82. The number of nitrogens with two attached hydrogens (primary N) is 1. The SMILES string of the molecule is CC(NC(=O)Cc1ccc(/C(N)=N/O)cc1)c1ncn[nH]1. The van der Waals surface area contributed by atoms with Crippen molar-refractivity contribution in [3.8, 4) is 0 Å². The molecule has 0 saturated carbocycles. The molecule has 1 amide bonds. The Labute approximate surface area is 121 Å². The van der Waals surface area contributed by atoms with Gasteiger partial charge in [-0.1, -0.05) is 29.4 Å². The van der Waals surface area contributed by atoms with Crippen molar-refractivity contribution in [3.63, 3.8) is 0 Å². The molecule has 0 aliphatic carbocycles. The molecule has 110 valence electrons. The van der Waals surface area contributed by atoms with Crippen LogP contribution in [0.25, 0.3) is 0 Å².